The van der Waals surface area contributed by atoms with Crippen molar-refractivity contribution in [3.63, 3.8) is 0 Å². The van der Waals surface area contributed by atoms with Crippen molar-refractivity contribution in [1.82, 2.24) is 9.21 Å². The highest BCUT2D eigenvalue weighted by atomic mass is 32.2. The Labute approximate surface area is 192 Å². The van der Waals surface area contributed by atoms with Gasteiger partial charge in [-0.3, -0.25) is 4.79 Å². The fraction of sp³-hybridized carbons (Fsp3) is 0.435. The second-order valence-corrected chi connectivity index (χ2v) is 11.1. The summed E-state index contributed by atoms with van der Waals surface area (Å²) in [6.45, 7) is 2.22. The fourth-order valence-corrected chi connectivity index (χ4v) is 6.69. The van der Waals surface area contributed by atoms with E-state index in [-0.39, 0.29) is 23.9 Å². The lowest BCUT2D eigenvalue weighted by molar-refractivity contribution is -0.129. The number of ether oxygens (including phenoxy) is 2. The largest absolute Gasteiger partial charge is 0.486 e. The standard InChI is InChI=1S/C23H26N2O5S2/c26-23(16-31-19-5-4-17-2-1-3-18(17)14-19)24-8-10-25(11-9-24)32(27,28)20-6-7-21-22(15-20)30-13-12-29-21/h4-7,14-15H,1-3,8-13,16H2. The number of benzene rings is 2. The van der Waals surface area contributed by atoms with Gasteiger partial charge in [0.25, 0.3) is 0 Å². The van der Waals surface area contributed by atoms with Crippen molar-refractivity contribution in [2.75, 3.05) is 45.1 Å². The minimum absolute atomic E-state index is 0.0480. The van der Waals surface area contributed by atoms with Crippen molar-refractivity contribution in [2.45, 2.75) is 29.1 Å². The second-order valence-electron chi connectivity index (χ2n) is 8.16. The van der Waals surface area contributed by atoms with Crippen LogP contribution in [0, 0.1) is 0 Å². The first kappa shape index (κ1) is 21.6. The van der Waals surface area contributed by atoms with Gasteiger partial charge in [-0.05, 0) is 54.7 Å². The molecule has 2 aliphatic heterocycles. The number of amides is 1. The number of thioether (sulfide) groups is 1. The first-order valence-corrected chi connectivity index (χ1v) is 13.4. The van der Waals surface area contributed by atoms with E-state index < -0.39 is 10.0 Å². The highest BCUT2D eigenvalue weighted by Crippen LogP contribution is 2.33. The molecule has 32 heavy (non-hydrogen) atoms. The molecule has 2 aromatic rings. The van der Waals surface area contributed by atoms with Crippen molar-refractivity contribution in [1.29, 1.82) is 0 Å². The Hall–Kier alpha value is -2.23. The molecule has 3 aliphatic rings. The van der Waals surface area contributed by atoms with Crippen LogP contribution in [0.5, 0.6) is 11.5 Å². The zero-order valence-electron chi connectivity index (χ0n) is 17.8. The van der Waals surface area contributed by atoms with Gasteiger partial charge in [0.15, 0.2) is 11.5 Å². The summed E-state index contributed by atoms with van der Waals surface area (Å²) in [6.07, 6.45) is 3.48. The predicted octanol–water partition coefficient (Wildman–Crippen LogP) is 2.57. The number of sulfonamides is 1. The third-order valence-corrected chi connectivity index (χ3v) is 9.05. The molecule has 2 aromatic carbocycles. The van der Waals surface area contributed by atoms with Crippen LogP contribution < -0.4 is 9.47 Å². The van der Waals surface area contributed by atoms with E-state index in [1.165, 1.54) is 27.9 Å². The monoisotopic (exact) mass is 474 g/mol. The van der Waals surface area contributed by atoms with Gasteiger partial charge >= 0.3 is 0 Å². The van der Waals surface area contributed by atoms with E-state index in [0.29, 0.717) is 43.6 Å². The smallest absolute Gasteiger partial charge is 0.243 e. The van der Waals surface area contributed by atoms with E-state index >= 15 is 0 Å². The Bertz CT molecular complexity index is 1130. The summed E-state index contributed by atoms with van der Waals surface area (Å²) in [7, 11) is -3.65. The number of hydrogen-bond donors (Lipinski definition) is 0. The van der Waals surface area contributed by atoms with Gasteiger partial charge in [-0.15, -0.1) is 11.8 Å². The van der Waals surface area contributed by atoms with Gasteiger partial charge in [-0.25, -0.2) is 8.42 Å². The molecule has 0 unspecified atom stereocenters. The molecule has 0 N–H and O–H groups in total. The number of aryl methyl sites for hydroxylation is 2. The van der Waals surface area contributed by atoms with Crippen LogP contribution in [0.3, 0.4) is 0 Å². The number of fused-ring (bicyclic) bond motifs is 2. The zero-order chi connectivity index (χ0) is 22.1. The van der Waals surface area contributed by atoms with Crippen molar-refractivity contribution < 1.29 is 22.7 Å². The lowest BCUT2D eigenvalue weighted by atomic mass is 10.1. The van der Waals surface area contributed by atoms with Crippen LogP contribution in [-0.4, -0.2) is 68.7 Å². The highest BCUT2D eigenvalue weighted by Gasteiger charge is 2.31. The quantitative estimate of drug-likeness (QED) is 0.620. The maximum absolute atomic E-state index is 13.1. The molecule has 2 heterocycles. The number of carbonyl (C=O) groups is 1. The molecule has 170 valence electrons. The number of rotatable bonds is 5. The fourth-order valence-electron chi connectivity index (χ4n) is 4.39. The van der Waals surface area contributed by atoms with Gasteiger partial charge < -0.3 is 14.4 Å². The van der Waals surface area contributed by atoms with Crippen molar-refractivity contribution in [3.8, 4) is 11.5 Å². The predicted molar refractivity (Wildman–Crippen MR) is 122 cm³/mol. The highest BCUT2D eigenvalue weighted by molar-refractivity contribution is 8.00. The molecule has 0 atom stereocenters. The molecule has 0 bridgehead atoms. The third-order valence-electron chi connectivity index (χ3n) is 6.18. The Morgan fingerprint density at radius 2 is 1.66 bits per heavy atom. The van der Waals surface area contributed by atoms with Crippen LogP contribution in [0.2, 0.25) is 0 Å². The first-order chi connectivity index (χ1) is 15.5. The van der Waals surface area contributed by atoms with E-state index in [1.807, 2.05) is 0 Å². The Balaban J connectivity index is 1.17. The normalized spacial score (nSPS) is 18.4. The number of hydrogen-bond acceptors (Lipinski definition) is 6. The van der Waals surface area contributed by atoms with Gasteiger partial charge in [0.2, 0.25) is 15.9 Å². The molecule has 7 nitrogen and oxygen atoms in total. The molecular formula is C23H26N2O5S2. The summed E-state index contributed by atoms with van der Waals surface area (Å²) in [5.74, 6) is 1.43. The third kappa shape index (κ3) is 4.33. The summed E-state index contributed by atoms with van der Waals surface area (Å²) < 4.78 is 38.6. The Kier molecular flexibility index (Phi) is 6.05. The molecular weight excluding hydrogens is 448 g/mol. The van der Waals surface area contributed by atoms with E-state index in [2.05, 4.69) is 18.2 Å². The number of piperazine rings is 1. The van der Waals surface area contributed by atoms with E-state index in [9.17, 15) is 13.2 Å². The lowest BCUT2D eigenvalue weighted by Crippen LogP contribution is -2.50. The molecule has 1 amide bonds. The van der Waals surface area contributed by atoms with Crippen LogP contribution in [0.1, 0.15) is 17.5 Å². The Morgan fingerprint density at radius 3 is 2.47 bits per heavy atom. The van der Waals surface area contributed by atoms with Gasteiger partial charge in [-0.1, -0.05) is 6.07 Å². The van der Waals surface area contributed by atoms with E-state index in [0.717, 1.165) is 17.7 Å². The van der Waals surface area contributed by atoms with Crippen molar-refractivity contribution >= 4 is 27.7 Å². The van der Waals surface area contributed by atoms with Crippen LogP contribution in [0.25, 0.3) is 0 Å². The molecule has 0 saturated carbocycles. The molecule has 9 heteroatoms. The van der Waals surface area contributed by atoms with Gasteiger partial charge in [0.05, 0.1) is 10.6 Å². The van der Waals surface area contributed by atoms with Gasteiger partial charge in [0, 0.05) is 37.1 Å². The minimum atomic E-state index is -3.65. The van der Waals surface area contributed by atoms with Crippen molar-refractivity contribution in [2.24, 2.45) is 0 Å². The molecule has 1 saturated heterocycles. The average molecular weight is 475 g/mol. The summed E-state index contributed by atoms with van der Waals surface area (Å²) in [5, 5.41) is 0. The van der Waals surface area contributed by atoms with Gasteiger partial charge in [-0.2, -0.15) is 4.31 Å². The molecule has 0 radical (unpaired) electrons. The second kappa shape index (κ2) is 8.96. The molecule has 0 spiro atoms. The zero-order valence-corrected chi connectivity index (χ0v) is 19.4. The van der Waals surface area contributed by atoms with E-state index in [1.54, 1.807) is 28.8 Å². The summed E-state index contributed by atoms with van der Waals surface area (Å²) in [5.41, 5.74) is 2.83. The SMILES string of the molecule is O=C(CSc1ccc2c(c1)CCC2)N1CCN(S(=O)(=O)c2ccc3c(c2)OCCO3)CC1. The lowest BCUT2D eigenvalue weighted by Gasteiger charge is -2.34. The van der Waals surface area contributed by atoms with Crippen LogP contribution in [-0.2, 0) is 27.7 Å². The van der Waals surface area contributed by atoms with E-state index in [4.69, 9.17) is 9.47 Å². The Morgan fingerprint density at radius 1 is 0.906 bits per heavy atom. The topological polar surface area (TPSA) is 76.2 Å². The van der Waals surface area contributed by atoms with Crippen LogP contribution in [0.4, 0.5) is 0 Å². The molecule has 1 aliphatic carbocycles. The number of carbonyl (C=O) groups excluding carboxylic acids is 1. The molecule has 0 aromatic heterocycles. The minimum Gasteiger partial charge on any atom is -0.486 e. The summed E-state index contributed by atoms with van der Waals surface area (Å²) in [6, 6.07) is 11.2. The van der Waals surface area contributed by atoms with Crippen LogP contribution >= 0.6 is 11.8 Å². The van der Waals surface area contributed by atoms with Crippen molar-refractivity contribution in [3.05, 3.63) is 47.5 Å². The number of nitrogens with zero attached hydrogens (tertiary/aromatic N) is 2. The summed E-state index contributed by atoms with van der Waals surface area (Å²) in [4.78, 5) is 15.8. The maximum atomic E-state index is 13.1. The maximum Gasteiger partial charge on any atom is 0.243 e. The molecule has 1 fully saturated rings. The first-order valence-electron chi connectivity index (χ1n) is 10.9. The molecule has 5 rings (SSSR count). The van der Waals surface area contributed by atoms with Gasteiger partial charge in [0.1, 0.15) is 13.2 Å². The van der Waals surface area contributed by atoms with Crippen LogP contribution in [0.15, 0.2) is 46.2 Å². The average Bonchev–Trinajstić information content (AvgIpc) is 3.30. The summed E-state index contributed by atoms with van der Waals surface area (Å²) >= 11 is 1.56.